The number of benzene rings is 2. The van der Waals surface area contributed by atoms with Gasteiger partial charge in [0, 0.05) is 4.90 Å². The maximum absolute atomic E-state index is 12.7. The molecule has 0 aliphatic carbocycles. The van der Waals surface area contributed by atoms with E-state index in [1.807, 2.05) is 30.5 Å². The van der Waals surface area contributed by atoms with Crippen LogP contribution in [0.1, 0.15) is 11.1 Å². The highest BCUT2D eigenvalue weighted by Gasteiger charge is 2.31. The number of hydrazone groups is 1. The van der Waals surface area contributed by atoms with Gasteiger partial charge in [-0.3, -0.25) is 5.43 Å². The maximum Gasteiger partial charge on any atom is 0.416 e. The Hall–Kier alpha value is -1.77. The topological polar surface area (TPSA) is 36.4 Å². The molecule has 0 amide bonds. The van der Waals surface area contributed by atoms with Gasteiger partial charge in [-0.1, -0.05) is 23.7 Å². The van der Waals surface area contributed by atoms with E-state index in [2.05, 4.69) is 15.8 Å². The van der Waals surface area contributed by atoms with Crippen LogP contribution >= 0.6 is 35.6 Å². The Morgan fingerprint density at radius 3 is 2.48 bits per heavy atom. The highest BCUT2D eigenvalue weighted by molar-refractivity contribution is 7.98. The van der Waals surface area contributed by atoms with Gasteiger partial charge in [-0.2, -0.15) is 18.3 Å². The minimum absolute atomic E-state index is 0.0261. The van der Waals surface area contributed by atoms with E-state index < -0.39 is 11.7 Å². The monoisotopic (exact) mass is 403 g/mol. The summed E-state index contributed by atoms with van der Waals surface area (Å²) in [5, 5.41) is 6.69. The molecule has 0 unspecified atom stereocenters. The van der Waals surface area contributed by atoms with Crippen LogP contribution in [0.25, 0.3) is 0 Å². The van der Waals surface area contributed by atoms with Crippen molar-refractivity contribution in [3.8, 4) is 0 Å². The van der Waals surface area contributed by atoms with E-state index in [0.717, 1.165) is 28.7 Å². The van der Waals surface area contributed by atoms with Crippen molar-refractivity contribution in [1.82, 2.24) is 5.43 Å². The van der Waals surface area contributed by atoms with Crippen molar-refractivity contribution in [2.24, 2.45) is 5.10 Å². The van der Waals surface area contributed by atoms with E-state index in [4.69, 9.17) is 23.8 Å². The molecular formula is C16H13ClF3N3S2. The molecule has 3 nitrogen and oxygen atoms in total. The Bertz CT molecular complexity index is 777. The molecule has 0 spiro atoms. The fraction of sp³-hybridized carbons (Fsp3) is 0.125. The first kappa shape index (κ1) is 19.6. The second kappa shape index (κ2) is 8.55. The molecule has 0 aliphatic rings. The minimum atomic E-state index is -4.46. The molecule has 0 heterocycles. The Kier molecular flexibility index (Phi) is 6.69. The predicted octanol–water partition coefficient (Wildman–Crippen LogP) is 5.40. The highest BCUT2D eigenvalue weighted by Crippen LogP contribution is 2.33. The number of alkyl halides is 3. The summed E-state index contributed by atoms with van der Waals surface area (Å²) in [5.41, 5.74) is 2.62. The molecule has 2 rings (SSSR count). The van der Waals surface area contributed by atoms with Crippen molar-refractivity contribution >= 4 is 52.6 Å². The van der Waals surface area contributed by atoms with E-state index in [1.54, 1.807) is 18.0 Å². The van der Waals surface area contributed by atoms with Gasteiger partial charge in [0.25, 0.3) is 0 Å². The summed E-state index contributed by atoms with van der Waals surface area (Å²) >= 11 is 12.5. The van der Waals surface area contributed by atoms with Gasteiger partial charge in [-0.25, -0.2) is 0 Å². The zero-order valence-corrected chi connectivity index (χ0v) is 15.3. The summed E-state index contributed by atoms with van der Waals surface area (Å²) in [6.45, 7) is 0. The zero-order chi connectivity index (χ0) is 18.4. The molecule has 0 atom stereocenters. The standard InChI is InChI=1S/C16H13ClF3N3S2/c1-25-12-5-2-10(3-6-12)9-21-23-15(24)22-14-8-11(16(18,19)20)4-7-13(14)17/h2-9H,1H3,(H2,22,23,24)/b21-9-. The molecule has 2 aromatic carbocycles. The maximum atomic E-state index is 12.7. The second-order valence-corrected chi connectivity index (χ2v) is 6.48. The van der Waals surface area contributed by atoms with Crippen molar-refractivity contribution in [3.63, 3.8) is 0 Å². The van der Waals surface area contributed by atoms with Crippen LogP contribution in [0.3, 0.4) is 0 Å². The molecule has 2 aromatic rings. The van der Waals surface area contributed by atoms with Crippen molar-refractivity contribution in [1.29, 1.82) is 0 Å². The van der Waals surface area contributed by atoms with Gasteiger partial charge < -0.3 is 5.32 Å². The van der Waals surface area contributed by atoms with E-state index >= 15 is 0 Å². The van der Waals surface area contributed by atoms with Gasteiger partial charge in [0.15, 0.2) is 5.11 Å². The zero-order valence-electron chi connectivity index (χ0n) is 12.9. The lowest BCUT2D eigenvalue weighted by Gasteiger charge is -2.12. The fourth-order valence-electron chi connectivity index (χ4n) is 1.80. The molecule has 0 saturated carbocycles. The number of rotatable bonds is 4. The Balaban J connectivity index is 1.99. The number of thioether (sulfide) groups is 1. The summed E-state index contributed by atoms with van der Waals surface area (Å²) in [4.78, 5) is 1.13. The van der Waals surface area contributed by atoms with Crippen LogP contribution < -0.4 is 10.7 Å². The molecule has 0 saturated heterocycles. The van der Waals surface area contributed by atoms with Gasteiger partial charge in [-0.15, -0.1) is 11.8 Å². The normalized spacial score (nSPS) is 11.6. The van der Waals surface area contributed by atoms with E-state index in [9.17, 15) is 13.2 Å². The lowest BCUT2D eigenvalue weighted by molar-refractivity contribution is -0.137. The number of hydrogen-bond acceptors (Lipinski definition) is 3. The summed E-state index contributed by atoms with van der Waals surface area (Å²) < 4.78 is 38.2. The lowest BCUT2D eigenvalue weighted by Crippen LogP contribution is -2.24. The summed E-state index contributed by atoms with van der Waals surface area (Å²) in [6.07, 6.45) is -0.934. The summed E-state index contributed by atoms with van der Waals surface area (Å²) in [7, 11) is 0. The van der Waals surface area contributed by atoms with Gasteiger partial charge >= 0.3 is 6.18 Å². The fourth-order valence-corrected chi connectivity index (χ4v) is 2.54. The van der Waals surface area contributed by atoms with Crippen LogP contribution in [0.4, 0.5) is 18.9 Å². The third kappa shape index (κ3) is 5.91. The predicted molar refractivity (Wildman–Crippen MR) is 102 cm³/mol. The smallest absolute Gasteiger partial charge is 0.330 e. The van der Waals surface area contributed by atoms with Crippen LogP contribution in [0.15, 0.2) is 52.5 Å². The number of halogens is 4. The Labute approximate surface area is 157 Å². The highest BCUT2D eigenvalue weighted by atomic mass is 35.5. The third-order valence-electron chi connectivity index (χ3n) is 3.04. The molecule has 0 bridgehead atoms. The number of hydrogen-bond donors (Lipinski definition) is 2. The summed E-state index contributed by atoms with van der Waals surface area (Å²) in [6, 6.07) is 10.6. The average molecular weight is 404 g/mol. The first-order valence-corrected chi connectivity index (χ1v) is 8.91. The summed E-state index contributed by atoms with van der Waals surface area (Å²) in [5.74, 6) is 0. The van der Waals surface area contributed by atoms with Crippen LogP contribution in [0.5, 0.6) is 0 Å². The first-order chi connectivity index (χ1) is 11.8. The molecular weight excluding hydrogens is 391 g/mol. The molecule has 0 radical (unpaired) electrons. The molecule has 0 aliphatic heterocycles. The van der Waals surface area contributed by atoms with Crippen molar-refractivity contribution in [2.45, 2.75) is 11.1 Å². The minimum Gasteiger partial charge on any atom is -0.330 e. The van der Waals surface area contributed by atoms with Crippen LogP contribution in [-0.4, -0.2) is 17.6 Å². The van der Waals surface area contributed by atoms with Crippen LogP contribution in [-0.2, 0) is 6.18 Å². The average Bonchev–Trinajstić information content (AvgIpc) is 2.56. The van der Waals surface area contributed by atoms with Gasteiger partial charge in [0.2, 0.25) is 0 Å². The van der Waals surface area contributed by atoms with Crippen molar-refractivity contribution < 1.29 is 13.2 Å². The van der Waals surface area contributed by atoms with Gasteiger partial charge in [-0.05, 0) is 54.4 Å². The lowest BCUT2D eigenvalue weighted by atomic mass is 10.2. The SMILES string of the molecule is CSc1ccc(/C=N\NC(=S)Nc2cc(C(F)(F)F)ccc2Cl)cc1. The number of thiocarbonyl (C=S) groups is 1. The van der Waals surface area contributed by atoms with Crippen LogP contribution in [0, 0.1) is 0 Å². The van der Waals surface area contributed by atoms with Gasteiger partial charge in [0.05, 0.1) is 22.5 Å². The van der Waals surface area contributed by atoms with Crippen molar-refractivity contribution in [3.05, 3.63) is 58.6 Å². The number of anilines is 1. The van der Waals surface area contributed by atoms with Gasteiger partial charge in [0.1, 0.15) is 0 Å². The molecule has 0 aromatic heterocycles. The van der Waals surface area contributed by atoms with Crippen molar-refractivity contribution in [2.75, 3.05) is 11.6 Å². The Morgan fingerprint density at radius 1 is 1.20 bits per heavy atom. The number of nitrogens with zero attached hydrogens (tertiary/aromatic N) is 1. The van der Waals surface area contributed by atoms with Crippen LogP contribution in [0.2, 0.25) is 5.02 Å². The molecule has 0 fully saturated rings. The molecule has 9 heteroatoms. The molecule has 2 N–H and O–H groups in total. The number of nitrogens with one attached hydrogen (secondary N) is 2. The van der Waals surface area contributed by atoms with E-state index in [0.29, 0.717) is 0 Å². The molecule has 132 valence electrons. The first-order valence-electron chi connectivity index (χ1n) is 6.90. The Morgan fingerprint density at radius 2 is 1.88 bits per heavy atom. The quantitative estimate of drug-likeness (QED) is 0.310. The van der Waals surface area contributed by atoms with E-state index in [-0.39, 0.29) is 15.8 Å². The second-order valence-electron chi connectivity index (χ2n) is 4.79. The van der Waals surface area contributed by atoms with E-state index in [1.165, 1.54) is 0 Å². The molecule has 25 heavy (non-hydrogen) atoms. The largest absolute Gasteiger partial charge is 0.416 e. The third-order valence-corrected chi connectivity index (χ3v) is 4.30.